The lowest BCUT2D eigenvalue weighted by atomic mass is 9.62. The second kappa shape index (κ2) is 7.60. The van der Waals surface area contributed by atoms with Crippen molar-refractivity contribution in [1.82, 2.24) is 0 Å². The number of hydrogen-bond acceptors (Lipinski definition) is 4. The summed E-state index contributed by atoms with van der Waals surface area (Å²) in [5.74, 6) is -0.134. The van der Waals surface area contributed by atoms with Gasteiger partial charge in [-0.3, -0.25) is 9.59 Å². The molecular formula is C22H34O6. The number of carboxylic acid groups (broad SMARTS) is 2. The second-order valence-corrected chi connectivity index (χ2v) is 9.91. The Morgan fingerprint density at radius 2 is 1.39 bits per heavy atom. The summed E-state index contributed by atoms with van der Waals surface area (Å²) < 4.78 is 11.5. The average Bonchev–Trinajstić information content (AvgIpc) is 3.52. The Bertz CT molecular complexity index is 584. The Morgan fingerprint density at radius 1 is 0.893 bits per heavy atom. The molecule has 2 heterocycles. The van der Waals surface area contributed by atoms with Crippen molar-refractivity contribution in [3.63, 3.8) is 0 Å². The molecule has 0 bridgehead atoms. The van der Waals surface area contributed by atoms with Crippen molar-refractivity contribution in [2.75, 3.05) is 0 Å². The number of fused-ring (bicyclic) bond motifs is 2. The summed E-state index contributed by atoms with van der Waals surface area (Å²) >= 11 is 0. The van der Waals surface area contributed by atoms with Gasteiger partial charge in [0.2, 0.25) is 0 Å². The predicted molar refractivity (Wildman–Crippen MR) is 102 cm³/mol. The Balaban J connectivity index is 1.50. The lowest BCUT2D eigenvalue weighted by Gasteiger charge is -2.40. The molecule has 6 heteroatoms. The Morgan fingerprint density at radius 3 is 1.82 bits per heavy atom. The molecule has 4 fully saturated rings. The number of carboxylic acids is 2. The van der Waals surface area contributed by atoms with Crippen LogP contribution in [0.3, 0.4) is 0 Å². The molecule has 2 aliphatic heterocycles. The largest absolute Gasteiger partial charge is 0.481 e. The molecule has 0 spiro atoms. The van der Waals surface area contributed by atoms with Crippen molar-refractivity contribution in [2.24, 2.45) is 29.1 Å². The fraction of sp³-hybridized carbons (Fsp3) is 0.909. The van der Waals surface area contributed by atoms with Crippen molar-refractivity contribution in [3.8, 4) is 0 Å². The molecule has 0 radical (unpaired) electrons. The minimum atomic E-state index is -0.847. The summed E-state index contributed by atoms with van der Waals surface area (Å²) in [6.45, 7) is 4.40. The summed E-state index contributed by atoms with van der Waals surface area (Å²) in [5.41, 5.74) is -0.837. The minimum Gasteiger partial charge on any atom is -0.481 e. The van der Waals surface area contributed by atoms with E-state index in [4.69, 9.17) is 14.6 Å². The number of hydrogen-bond donors (Lipinski definition) is 2. The highest BCUT2D eigenvalue weighted by Gasteiger charge is 2.54. The van der Waals surface area contributed by atoms with E-state index >= 15 is 0 Å². The normalized spacial score (nSPS) is 43.4. The van der Waals surface area contributed by atoms with Gasteiger partial charge in [-0.2, -0.15) is 0 Å². The third-order valence-electron chi connectivity index (χ3n) is 8.22. The van der Waals surface area contributed by atoms with E-state index in [-0.39, 0.29) is 6.42 Å². The molecule has 0 aromatic rings. The zero-order chi connectivity index (χ0) is 20.1. The number of aliphatic carboxylic acids is 2. The van der Waals surface area contributed by atoms with Crippen LogP contribution in [0.1, 0.15) is 71.6 Å². The first-order chi connectivity index (χ1) is 13.3. The molecule has 6 nitrogen and oxygen atoms in total. The molecule has 2 aliphatic carbocycles. The van der Waals surface area contributed by atoms with E-state index in [1.165, 1.54) is 0 Å². The number of rotatable bonds is 9. The van der Waals surface area contributed by atoms with E-state index in [1.807, 2.05) is 0 Å². The summed E-state index contributed by atoms with van der Waals surface area (Å²) in [4.78, 5) is 23.7. The van der Waals surface area contributed by atoms with E-state index in [1.54, 1.807) is 0 Å². The third kappa shape index (κ3) is 3.95. The SMILES string of the molecule is CC1C(CC(CCCC(=O)O)(CC2CCC3OC3C2C)C(=O)O)CCC2OC21. The van der Waals surface area contributed by atoms with Crippen LogP contribution in [0.2, 0.25) is 0 Å². The smallest absolute Gasteiger partial charge is 0.309 e. The van der Waals surface area contributed by atoms with E-state index < -0.39 is 17.4 Å². The van der Waals surface area contributed by atoms with E-state index in [9.17, 15) is 14.7 Å². The molecule has 4 rings (SSSR count). The van der Waals surface area contributed by atoms with Crippen molar-refractivity contribution in [2.45, 2.75) is 96.1 Å². The average molecular weight is 395 g/mol. The minimum absolute atomic E-state index is 0.0388. The van der Waals surface area contributed by atoms with Crippen LogP contribution in [0.4, 0.5) is 0 Å². The maximum Gasteiger partial charge on any atom is 0.309 e. The summed E-state index contributed by atoms with van der Waals surface area (Å²) in [6.07, 6.45) is 7.69. The quantitative estimate of drug-likeness (QED) is 0.578. The molecule has 2 saturated heterocycles. The molecule has 28 heavy (non-hydrogen) atoms. The lowest BCUT2D eigenvalue weighted by molar-refractivity contribution is -0.154. The fourth-order valence-corrected chi connectivity index (χ4v) is 6.25. The highest BCUT2D eigenvalue weighted by molar-refractivity contribution is 5.75. The van der Waals surface area contributed by atoms with Crippen molar-refractivity contribution in [3.05, 3.63) is 0 Å². The molecule has 4 aliphatic rings. The number of ether oxygens (including phenoxy) is 2. The Kier molecular flexibility index (Phi) is 5.47. The molecule has 0 aromatic carbocycles. The van der Waals surface area contributed by atoms with Crippen LogP contribution in [0.15, 0.2) is 0 Å². The first-order valence-corrected chi connectivity index (χ1v) is 11.1. The number of epoxide rings is 2. The molecule has 2 N–H and O–H groups in total. The zero-order valence-corrected chi connectivity index (χ0v) is 17.0. The Hall–Kier alpha value is -1.14. The molecule has 0 aromatic heterocycles. The van der Waals surface area contributed by atoms with E-state index in [2.05, 4.69) is 13.8 Å². The van der Waals surface area contributed by atoms with Gasteiger partial charge in [0.1, 0.15) is 0 Å². The van der Waals surface area contributed by atoms with Gasteiger partial charge in [0.05, 0.1) is 29.8 Å². The van der Waals surface area contributed by atoms with Crippen molar-refractivity contribution >= 4 is 11.9 Å². The van der Waals surface area contributed by atoms with Crippen LogP contribution < -0.4 is 0 Å². The number of carbonyl (C=O) groups is 2. The van der Waals surface area contributed by atoms with Gasteiger partial charge in [0.15, 0.2) is 0 Å². The van der Waals surface area contributed by atoms with Gasteiger partial charge in [-0.1, -0.05) is 13.8 Å². The topological polar surface area (TPSA) is 99.7 Å². The summed E-state index contributed by atoms with van der Waals surface area (Å²) in [7, 11) is 0. The molecule has 158 valence electrons. The molecule has 0 amide bonds. The Labute approximate surface area is 167 Å². The maximum absolute atomic E-state index is 12.6. The predicted octanol–water partition coefficient (Wildman–Crippen LogP) is 3.72. The first kappa shape index (κ1) is 20.1. The van der Waals surface area contributed by atoms with Gasteiger partial charge >= 0.3 is 11.9 Å². The molecule has 8 atom stereocenters. The summed E-state index contributed by atoms with van der Waals surface area (Å²) in [6, 6.07) is 0. The van der Waals surface area contributed by atoms with Gasteiger partial charge in [0.25, 0.3) is 0 Å². The van der Waals surface area contributed by atoms with Crippen LogP contribution in [-0.4, -0.2) is 46.6 Å². The van der Waals surface area contributed by atoms with Gasteiger partial charge in [0, 0.05) is 6.42 Å². The monoisotopic (exact) mass is 394 g/mol. The molecule has 2 saturated carbocycles. The second-order valence-electron chi connectivity index (χ2n) is 9.91. The summed E-state index contributed by atoms with van der Waals surface area (Å²) in [5, 5.41) is 19.4. The molecule has 8 unspecified atom stereocenters. The van der Waals surface area contributed by atoms with Crippen LogP contribution >= 0.6 is 0 Å². The van der Waals surface area contributed by atoms with Crippen LogP contribution in [0, 0.1) is 29.1 Å². The third-order valence-corrected chi connectivity index (χ3v) is 8.22. The van der Waals surface area contributed by atoms with Crippen LogP contribution in [0.25, 0.3) is 0 Å². The fourth-order valence-electron chi connectivity index (χ4n) is 6.25. The van der Waals surface area contributed by atoms with Crippen molar-refractivity contribution in [1.29, 1.82) is 0 Å². The lowest BCUT2D eigenvalue weighted by Crippen LogP contribution is -2.40. The van der Waals surface area contributed by atoms with Gasteiger partial charge in [-0.25, -0.2) is 0 Å². The highest BCUT2D eigenvalue weighted by Crippen LogP contribution is 2.53. The zero-order valence-electron chi connectivity index (χ0n) is 17.0. The van der Waals surface area contributed by atoms with Gasteiger partial charge in [-0.15, -0.1) is 0 Å². The molecular weight excluding hydrogens is 360 g/mol. The van der Waals surface area contributed by atoms with Gasteiger partial charge < -0.3 is 19.7 Å². The highest BCUT2D eigenvalue weighted by atomic mass is 16.6. The van der Waals surface area contributed by atoms with Crippen molar-refractivity contribution < 1.29 is 29.3 Å². The van der Waals surface area contributed by atoms with Crippen LogP contribution in [-0.2, 0) is 19.1 Å². The van der Waals surface area contributed by atoms with Crippen LogP contribution in [0.5, 0.6) is 0 Å². The maximum atomic E-state index is 12.6. The van der Waals surface area contributed by atoms with Gasteiger partial charge in [-0.05, 0) is 75.0 Å². The first-order valence-electron chi connectivity index (χ1n) is 11.1. The van der Waals surface area contributed by atoms with E-state index in [0.29, 0.717) is 73.8 Å². The standard InChI is InChI=1S/C22H34O6/c1-12-14(5-7-16-19(12)27-16)10-22(21(25)26,9-3-4-18(23)24)11-15-6-8-17-20(28-17)13(15)2/h12-17,19-20H,3-11H2,1-2H3,(H,23,24)(H,25,26). The van der Waals surface area contributed by atoms with E-state index in [0.717, 1.165) is 25.7 Å².